The van der Waals surface area contributed by atoms with E-state index in [9.17, 15) is 0 Å². The number of fused-ring (bicyclic) bond motifs is 3. The summed E-state index contributed by atoms with van der Waals surface area (Å²) in [6, 6.07) is 97.2. The molecule has 2 heteroatoms. The van der Waals surface area contributed by atoms with Gasteiger partial charge in [-0.05, 0) is 126 Å². The molecule has 12 aromatic carbocycles. The molecule has 0 N–H and O–H groups in total. The van der Waals surface area contributed by atoms with Crippen LogP contribution in [-0.4, -0.2) is 18.4 Å². The van der Waals surface area contributed by atoms with Crippen LogP contribution in [0.15, 0.2) is 261 Å². The summed E-state index contributed by atoms with van der Waals surface area (Å²) in [4.78, 5) is 9.81. The van der Waals surface area contributed by atoms with Gasteiger partial charge in [0, 0.05) is 17.1 Å². The molecule has 0 aliphatic rings. The molecule has 1 nitrogen and oxygen atoms in total. The van der Waals surface area contributed by atoms with Crippen molar-refractivity contribution in [2.45, 2.75) is 41.0 Å². The molecule has 0 aliphatic heterocycles. The molecule has 0 fully saturated rings. The van der Waals surface area contributed by atoms with Crippen LogP contribution < -0.4 is 8.48 Å². The predicted octanol–water partition coefficient (Wildman–Crippen LogP) is 20.5. The van der Waals surface area contributed by atoms with E-state index in [0.29, 0.717) is 0 Å². The zero-order valence-corrected chi connectivity index (χ0v) is 46.6. The van der Waals surface area contributed by atoms with E-state index >= 15 is 0 Å². The van der Waals surface area contributed by atoms with Crippen LogP contribution in [0.25, 0.3) is 99.1 Å². The van der Waals surface area contributed by atoms with Crippen molar-refractivity contribution >= 4 is 71.3 Å². The zero-order chi connectivity index (χ0) is 51.3. The number of nitrogens with zero attached hydrogens (tertiary/aromatic N) is 1. The summed E-state index contributed by atoms with van der Waals surface area (Å²) in [5, 5.41) is 7.44. The van der Waals surface area contributed by atoms with E-state index in [1.54, 1.807) is 3.58 Å². The van der Waals surface area contributed by atoms with Crippen molar-refractivity contribution in [1.29, 1.82) is 0 Å². The van der Waals surface area contributed by atoms with Crippen molar-refractivity contribution in [1.82, 2.24) is 0 Å². The van der Waals surface area contributed by atoms with Crippen LogP contribution in [0.1, 0.15) is 26.3 Å². The van der Waals surface area contributed by atoms with E-state index in [1.165, 1.54) is 105 Å². The average molecular weight is 1070 g/mol. The fourth-order valence-electron chi connectivity index (χ4n) is 10.6. The van der Waals surface area contributed by atoms with Crippen molar-refractivity contribution in [2.75, 3.05) is 4.90 Å². The predicted molar refractivity (Wildman–Crippen MR) is 328 cm³/mol. The number of anilines is 3. The Labute approximate surface area is 447 Å². The summed E-state index contributed by atoms with van der Waals surface area (Å²) in [7, 11) is 0. The van der Waals surface area contributed by atoms with Crippen molar-refractivity contribution < 1.29 is 0 Å². The minimum absolute atomic E-state index is 0.0890. The van der Waals surface area contributed by atoms with Gasteiger partial charge in [-0.1, -0.05) is 148 Å². The molecule has 0 radical (unpaired) electrons. The van der Waals surface area contributed by atoms with Gasteiger partial charge in [0.05, 0.1) is 0 Å². The van der Waals surface area contributed by atoms with Crippen LogP contribution in [-0.2, 0) is 5.41 Å². The molecule has 0 aliphatic carbocycles. The molecule has 0 saturated heterocycles. The molecule has 0 atom stereocenters. The third-order valence-corrected chi connectivity index (χ3v) is 21.0. The first-order valence-corrected chi connectivity index (χ1v) is 36.4. The average Bonchev–Trinajstić information content (AvgIpc) is 3.45. The maximum absolute atomic E-state index is 2.48. The van der Waals surface area contributed by atoms with Crippen molar-refractivity contribution in [3.8, 4) is 66.8 Å². The van der Waals surface area contributed by atoms with E-state index in [-0.39, 0.29) is 5.41 Å². The van der Waals surface area contributed by atoms with Crippen LogP contribution in [0.5, 0.6) is 0 Å². The van der Waals surface area contributed by atoms with Gasteiger partial charge < -0.3 is 4.90 Å². The van der Waals surface area contributed by atoms with Gasteiger partial charge in [-0.3, -0.25) is 0 Å². The second-order valence-corrected chi connectivity index (χ2v) is 36.8. The molecule has 0 bridgehead atoms. The Morgan fingerprint density at radius 1 is 0.253 bits per heavy atom. The molecule has 12 rings (SSSR count). The smallest absolute Gasteiger partial charge is 0.0523 e. The van der Waals surface area contributed by atoms with E-state index in [4.69, 9.17) is 0 Å². The Bertz CT molecular complexity index is 4030. The number of hydrogen-bond donors (Lipinski definition) is 0. The maximum atomic E-state index is 2.48. The molecule has 0 unspecified atom stereocenters. The SMILES string of the molecule is CC(C)(C)c1cccc(-c2ccc3ccc(-c4ccc(N(c5ccc(-c6ccc7ccc(-c8ccccc8)cc7c6)cc5)c5ccc(-c6ccc7ccc(-c8cc[c]([Sn]([CH3])([CH3])[CH3])cc8)cc7c6)cc5)cc4)cc3c2)c1. The topological polar surface area (TPSA) is 3.24 Å². The van der Waals surface area contributed by atoms with Crippen molar-refractivity contribution in [2.24, 2.45) is 0 Å². The summed E-state index contributed by atoms with van der Waals surface area (Å²) in [5.41, 5.74) is 19.3. The minimum Gasteiger partial charge on any atom is -0.0523 e. The number of rotatable bonds is 10. The van der Waals surface area contributed by atoms with Gasteiger partial charge in [0.25, 0.3) is 0 Å². The van der Waals surface area contributed by atoms with E-state index < -0.39 is 18.4 Å². The van der Waals surface area contributed by atoms with Gasteiger partial charge in [-0.25, -0.2) is 0 Å². The molecule has 0 amide bonds. The molecule has 362 valence electrons. The third kappa shape index (κ3) is 10.1. The van der Waals surface area contributed by atoms with Gasteiger partial charge in [0.1, 0.15) is 0 Å². The van der Waals surface area contributed by atoms with Crippen molar-refractivity contribution in [3.63, 3.8) is 0 Å². The third-order valence-electron chi connectivity index (χ3n) is 15.2. The molecule has 0 saturated carbocycles. The van der Waals surface area contributed by atoms with Crippen LogP contribution in [0.4, 0.5) is 17.1 Å². The summed E-state index contributed by atoms with van der Waals surface area (Å²) in [6.07, 6.45) is 0. The van der Waals surface area contributed by atoms with Crippen LogP contribution in [0, 0.1) is 0 Å². The second-order valence-electron chi connectivity index (χ2n) is 22.3. The van der Waals surface area contributed by atoms with Gasteiger partial charge >= 0.3 is 155 Å². The first kappa shape index (κ1) is 48.0. The fraction of sp³-hybridized carbons (Fsp3) is 0.0959. The fourth-order valence-corrected chi connectivity index (χ4v) is 14.0. The van der Waals surface area contributed by atoms with Gasteiger partial charge in [-0.15, -0.1) is 0 Å². The summed E-state index contributed by atoms with van der Waals surface area (Å²) in [5.74, 6) is 0. The van der Waals surface area contributed by atoms with Crippen LogP contribution >= 0.6 is 0 Å². The molecule has 0 aromatic heterocycles. The van der Waals surface area contributed by atoms with E-state index in [2.05, 4.69) is 301 Å². The first-order valence-electron chi connectivity index (χ1n) is 26.4. The monoisotopic (exact) mass is 1070 g/mol. The summed E-state index contributed by atoms with van der Waals surface area (Å²) in [6.45, 7) is 6.83. The van der Waals surface area contributed by atoms with Gasteiger partial charge in [0.15, 0.2) is 0 Å². The molecular formula is C73H61NSn. The first-order chi connectivity index (χ1) is 36.4. The molecule has 12 aromatic rings. The number of benzene rings is 12. The van der Waals surface area contributed by atoms with Gasteiger partial charge in [-0.2, -0.15) is 0 Å². The molecule has 0 spiro atoms. The molecule has 75 heavy (non-hydrogen) atoms. The van der Waals surface area contributed by atoms with E-state index in [0.717, 1.165) is 17.1 Å². The quantitative estimate of drug-likeness (QED) is 0.123. The Kier molecular flexibility index (Phi) is 12.6. The van der Waals surface area contributed by atoms with Gasteiger partial charge in [0.2, 0.25) is 0 Å². The normalized spacial score (nSPS) is 11.9. The Morgan fingerprint density at radius 3 is 0.867 bits per heavy atom. The minimum atomic E-state index is -2.13. The van der Waals surface area contributed by atoms with Crippen LogP contribution in [0.3, 0.4) is 0 Å². The summed E-state index contributed by atoms with van der Waals surface area (Å²) < 4.78 is 1.56. The zero-order valence-electron chi connectivity index (χ0n) is 43.8. The standard InChI is InChI=1S/C70H52N.3CH3.Sn/c1-70(2,3)66-16-10-15-56(47-66)62-28-22-55-21-27-61(45-65(55)46-62)52-33-39-69(40-34-52)71(67-35-29-50(30-36-67)59-25-19-53-17-23-57(41-63(53)43-59)48-11-6-4-7-12-48)68-37-31-51(32-38-68)60-26-20-54-18-24-58(42-64(54)44-60)49-13-8-5-9-14-49;;;;/h4,6-47H,1-3H3;3*1H3;. The Balaban J connectivity index is 0.875. The summed E-state index contributed by atoms with van der Waals surface area (Å²) >= 11 is -2.13. The van der Waals surface area contributed by atoms with Crippen LogP contribution in [0.2, 0.25) is 14.8 Å². The van der Waals surface area contributed by atoms with Crippen molar-refractivity contribution in [3.05, 3.63) is 266 Å². The van der Waals surface area contributed by atoms with E-state index in [1.807, 2.05) is 0 Å². The number of hydrogen-bond acceptors (Lipinski definition) is 1. The molecule has 0 heterocycles. The Morgan fingerprint density at radius 2 is 0.533 bits per heavy atom. The second kappa shape index (κ2) is 19.7. The molecular weight excluding hydrogens is 1010 g/mol. The Hall–Kier alpha value is -7.98.